The van der Waals surface area contributed by atoms with Gasteiger partial charge in [-0.3, -0.25) is 9.78 Å². The number of aliphatic carboxylic acids is 1. The summed E-state index contributed by atoms with van der Waals surface area (Å²) in [5.74, 6) is -0.711. The first-order valence-electron chi connectivity index (χ1n) is 6.92. The van der Waals surface area contributed by atoms with Crippen LogP contribution >= 0.6 is 0 Å². The van der Waals surface area contributed by atoms with Gasteiger partial charge in [-0.25, -0.2) is 0 Å². The van der Waals surface area contributed by atoms with Gasteiger partial charge in [-0.1, -0.05) is 30.3 Å². The zero-order chi connectivity index (χ0) is 14.2. The van der Waals surface area contributed by atoms with E-state index in [1.165, 1.54) is 16.7 Å². The van der Waals surface area contributed by atoms with Crippen molar-refractivity contribution in [1.82, 2.24) is 4.98 Å². The molecule has 3 nitrogen and oxygen atoms in total. The van der Waals surface area contributed by atoms with Gasteiger partial charge in [-0.2, -0.15) is 0 Å². The van der Waals surface area contributed by atoms with Crippen molar-refractivity contribution < 1.29 is 9.90 Å². The molecule has 104 valence electrons. The van der Waals surface area contributed by atoms with E-state index in [2.05, 4.69) is 35.3 Å². The van der Waals surface area contributed by atoms with E-state index in [1.54, 1.807) is 6.20 Å². The molecule has 0 bridgehead atoms. The number of carboxylic acids is 1. The van der Waals surface area contributed by atoms with Crippen molar-refractivity contribution in [1.29, 1.82) is 0 Å². The van der Waals surface area contributed by atoms with Crippen LogP contribution in [0.1, 0.15) is 36.0 Å². The summed E-state index contributed by atoms with van der Waals surface area (Å²) in [5, 5.41) is 8.58. The molecule has 0 unspecified atom stereocenters. The fourth-order valence-corrected chi connectivity index (χ4v) is 2.17. The maximum absolute atomic E-state index is 10.4. The lowest BCUT2D eigenvalue weighted by Gasteiger charge is -2.04. The Morgan fingerprint density at radius 3 is 2.40 bits per heavy atom. The van der Waals surface area contributed by atoms with Gasteiger partial charge in [-0.05, 0) is 48.4 Å². The summed E-state index contributed by atoms with van der Waals surface area (Å²) in [4.78, 5) is 14.5. The van der Waals surface area contributed by atoms with Gasteiger partial charge in [0.25, 0.3) is 0 Å². The molecule has 2 rings (SSSR count). The first-order chi connectivity index (χ1) is 9.74. The highest BCUT2D eigenvalue weighted by molar-refractivity contribution is 5.66. The predicted molar refractivity (Wildman–Crippen MR) is 78.7 cm³/mol. The number of aryl methyl sites for hydroxylation is 1. The molecule has 0 spiro atoms. The molecule has 2 aromatic rings. The van der Waals surface area contributed by atoms with Crippen LogP contribution in [-0.2, 0) is 17.6 Å². The number of hydrogen-bond acceptors (Lipinski definition) is 2. The Bertz CT molecular complexity index is 535. The average Bonchev–Trinajstić information content (AvgIpc) is 2.46. The molecule has 1 heterocycles. The third kappa shape index (κ3) is 4.84. The Morgan fingerprint density at radius 1 is 1.00 bits per heavy atom. The van der Waals surface area contributed by atoms with E-state index in [0.717, 1.165) is 25.7 Å². The standard InChI is InChI=1S/C17H19NO2/c19-17(20)6-2-1-4-14-7-9-15(10-8-14)12-16-5-3-11-18-13-16/h3,5,7-11,13H,1-2,4,6,12H2,(H,19,20). The molecule has 1 N–H and O–H groups in total. The minimum atomic E-state index is -0.711. The number of carboxylic acid groups (broad SMARTS) is 1. The molecular weight excluding hydrogens is 250 g/mol. The zero-order valence-electron chi connectivity index (χ0n) is 11.5. The lowest BCUT2D eigenvalue weighted by molar-refractivity contribution is -0.137. The normalized spacial score (nSPS) is 10.4. The van der Waals surface area contributed by atoms with Gasteiger partial charge < -0.3 is 5.11 Å². The van der Waals surface area contributed by atoms with Crippen LogP contribution in [-0.4, -0.2) is 16.1 Å². The maximum Gasteiger partial charge on any atom is 0.303 e. The number of unbranched alkanes of at least 4 members (excludes halogenated alkanes) is 1. The third-order valence-electron chi connectivity index (χ3n) is 3.26. The van der Waals surface area contributed by atoms with Crippen molar-refractivity contribution in [2.45, 2.75) is 32.1 Å². The Hall–Kier alpha value is -2.16. The van der Waals surface area contributed by atoms with Crippen LogP contribution in [0.25, 0.3) is 0 Å². The fourth-order valence-electron chi connectivity index (χ4n) is 2.17. The molecule has 3 heteroatoms. The second kappa shape index (κ2) is 7.43. The first kappa shape index (κ1) is 14.3. The summed E-state index contributed by atoms with van der Waals surface area (Å²) in [7, 11) is 0. The zero-order valence-corrected chi connectivity index (χ0v) is 11.5. The van der Waals surface area contributed by atoms with Crippen molar-refractivity contribution in [2.24, 2.45) is 0 Å². The van der Waals surface area contributed by atoms with Crippen molar-refractivity contribution in [3.8, 4) is 0 Å². The van der Waals surface area contributed by atoms with Crippen LogP contribution in [0.15, 0.2) is 48.8 Å². The van der Waals surface area contributed by atoms with Crippen LogP contribution in [0, 0.1) is 0 Å². The number of hydrogen-bond donors (Lipinski definition) is 1. The number of rotatable bonds is 7. The summed E-state index contributed by atoms with van der Waals surface area (Å²) in [6.45, 7) is 0. The third-order valence-corrected chi connectivity index (χ3v) is 3.26. The fraction of sp³-hybridized carbons (Fsp3) is 0.294. The number of nitrogens with zero attached hydrogens (tertiary/aromatic N) is 1. The van der Waals surface area contributed by atoms with Crippen LogP contribution < -0.4 is 0 Å². The molecule has 1 aromatic carbocycles. The van der Waals surface area contributed by atoms with Crippen molar-refractivity contribution in [3.05, 3.63) is 65.5 Å². The maximum atomic E-state index is 10.4. The SMILES string of the molecule is O=C(O)CCCCc1ccc(Cc2cccnc2)cc1. The highest BCUT2D eigenvalue weighted by Crippen LogP contribution is 2.12. The topological polar surface area (TPSA) is 50.2 Å². The summed E-state index contributed by atoms with van der Waals surface area (Å²) >= 11 is 0. The van der Waals surface area contributed by atoms with Crippen molar-refractivity contribution in [2.75, 3.05) is 0 Å². The van der Waals surface area contributed by atoms with Gasteiger partial charge in [0.05, 0.1) is 0 Å². The number of carbonyl (C=O) groups is 1. The molecular formula is C17H19NO2. The van der Waals surface area contributed by atoms with Gasteiger partial charge in [-0.15, -0.1) is 0 Å². The molecule has 20 heavy (non-hydrogen) atoms. The highest BCUT2D eigenvalue weighted by Gasteiger charge is 1.99. The second-order valence-corrected chi connectivity index (χ2v) is 4.96. The van der Waals surface area contributed by atoms with E-state index in [1.807, 2.05) is 12.3 Å². The van der Waals surface area contributed by atoms with Gasteiger partial charge >= 0.3 is 5.97 Å². The second-order valence-electron chi connectivity index (χ2n) is 4.96. The van der Waals surface area contributed by atoms with E-state index in [-0.39, 0.29) is 6.42 Å². The van der Waals surface area contributed by atoms with E-state index < -0.39 is 5.97 Å². The Kier molecular flexibility index (Phi) is 5.30. The molecule has 0 amide bonds. The average molecular weight is 269 g/mol. The quantitative estimate of drug-likeness (QED) is 0.783. The molecule has 0 atom stereocenters. The molecule has 0 saturated carbocycles. The molecule has 0 radical (unpaired) electrons. The van der Waals surface area contributed by atoms with Crippen LogP contribution in [0.3, 0.4) is 0 Å². The lowest BCUT2D eigenvalue weighted by Crippen LogP contribution is -1.95. The van der Waals surface area contributed by atoms with Crippen LogP contribution in [0.5, 0.6) is 0 Å². The minimum absolute atomic E-state index is 0.263. The Labute approximate surface area is 119 Å². The largest absolute Gasteiger partial charge is 0.481 e. The molecule has 1 aromatic heterocycles. The summed E-state index contributed by atoms with van der Waals surface area (Å²) < 4.78 is 0. The molecule has 0 aliphatic heterocycles. The minimum Gasteiger partial charge on any atom is -0.481 e. The van der Waals surface area contributed by atoms with E-state index in [4.69, 9.17) is 5.11 Å². The van der Waals surface area contributed by atoms with Crippen LogP contribution in [0.4, 0.5) is 0 Å². The number of pyridine rings is 1. The molecule has 0 aliphatic rings. The Morgan fingerprint density at radius 2 is 1.75 bits per heavy atom. The highest BCUT2D eigenvalue weighted by atomic mass is 16.4. The lowest BCUT2D eigenvalue weighted by atomic mass is 10.0. The first-order valence-corrected chi connectivity index (χ1v) is 6.92. The smallest absolute Gasteiger partial charge is 0.303 e. The molecule has 0 aliphatic carbocycles. The van der Waals surface area contributed by atoms with Gasteiger partial charge in [0.2, 0.25) is 0 Å². The van der Waals surface area contributed by atoms with Crippen molar-refractivity contribution in [3.63, 3.8) is 0 Å². The number of benzene rings is 1. The summed E-state index contributed by atoms with van der Waals surface area (Å²) in [6, 6.07) is 12.6. The summed E-state index contributed by atoms with van der Waals surface area (Å²) in [5.41, 5.74) is 3.75. The van der Waals surface area contributed by atoms with E-state index in [9.17, 15) is 4.79 Å². The molecule has 0 saturated heterocycles. The monoisotopic (exact) mass is 269 g/mol. The number of aromatic nitrogens is 1. The van der Waals surface area contributed by atoms with E-state index >= 15 is 0 Å². The van der Waals surface area contributed by atoms with Gasteiger partial charge in [0.1, 0.15) is 0 Å². The Balaban J connectivity index is 1.82. The van der Waals surface area contributed by atoms with Gasteiger partial charge in [0, 0.05) is 18.8 Å². The van der Waals surface area contributed by atoms with E-state index in [0.29, 0.717) is 0 Å². The van der Waals surface area contributed by atoms with Gasteiger partial charge in [0.15, 0.2) is 0 Å². The van der Waals surface area contributed by atoms with Crippen LogP contribution in [0.2, 0.25) is 0 Å². The predicted octanol–water partition coefficient (Wildman–Crippen LogP) is 3.47. The molecule has 0 fully saturated rings. The van der Waals surface area contributed by atoms with Crippen molar-refractivity contribution >= 4 is 5.97 Å². The summed E-state index contributed by atoms with van der Waals surface area (Å²) in [6.07, 6.45) is 7.44.